The van der Waals surface area contributed by atoms with E-state index in [1.54, 1.807) is 4.31 Å². The Morgan fingerprint density at radius 2 is 1.87 bits per heavy atom. The number of piperazine rings is 1. The van der Waals surface area contributed by atoms with Crippen LogP contribution < -0.4 is 5.32 Å². The Balaban J connectivity index is 2.61. The van der Waals surface area contributed by atoms with Gasteiger partial charge in [0.25, 0.3) is 0 Å². The first-order valence-electron chi connectivity index (χ1n) is 5.18. The zero-order chi connectivity index (χ0) is 11.5. The standard InChI is InChI=1S/C9H20N2O3S/c1-8-6-11(7-9(2)10-8)15(12,13)5-4-14-3/h8-10H,4-7H2,1-3H3. The summed E-state index contributed by atoms with van der Waals surface area (Å²) in [6.07, 6.45) is 0. The second-order valence-electron chi connectivity index (χ2n) is 4.09. The molecule has 1 fully saturated rings. The summed E-state index contributed by atoms with van der Waals surface area (Å²) in [6, 6.07) is 0.428. The molecule has 1 aliphatic heterocycles. The van der Waals surface area contributed by atoms with Crippen molar-refractivity contribution in [3.8, 4) is 0 Å². The highest BCUT2D eigenvalue weighted by atomic mass is 32.2. The summed E-state index contributed by atoms with van der Waals surface area (Å²) in [5.74, 6) is 0.0724. The molecule has 1 heterocycles. The number of hydrogen-bond donors (Lipinski definition) is 1. The molecule has 0 aromatic carbocycles. The van der Waals surface area contributed by atoms with Crippen LogP contribution in [0.5, 0.6) is 0 Å². The molecule has 1 rings (SSSR count). The van der Waals surface area contributed by atoms with Crippen LogP contribution in [0.25, 0.3) is 0 Å². The lowest BCUT2D eigenvalue weighted by Gasteiger charge is -2.35. The van der Waals surface area contributed by atoms with Gasteiger partial charge in [0.2, 0.25) is 10.0 Å². The van der Waals surface area contributed by atoms with Crippen molar-refractivity contribution in [2.45, 2.75) is 25.9 Å². The summed E-state index contributed by atoms with van der Waals surface area (Å²) in [7, 11) is -1.63. The van der Waals surface area contributed by atoms with Crippen molar-refractivity contribution in [3.05, 3.63) is 0 Å². The molecule has 0 radical (unpaired) electrons. The summed E-state index contributed by atoms with van der Waals surface area (Å²) >= 11 is 0. The van der Waals surface area contributed by atoms with Crippen LogP contribution in [0.4, 0.5) is 0 Å². The minimum absolute atomic E-state index is 0.0724. The third-order valence-electron chi connectivity index (χ3n) is 2.46. The lowest BCUT2D eigenvalue weighted by molar-refractivity contribution is 0.212. The van der Waals surface area contributed by atoms with Crippen LogP contribution in [0.1, 0.15) is 13.8 Å². The van der Waals surface area contributed by atoms with E-state index in [4.69, 9.17) is 4.74 Å². The highest BCUT2D eigenvalue weighted by Gasteiger charge is 2.29. The molecule has 0 aromatic rings. The van der Waals surface area contributed by atoms with Crippen molar-refractivity contribution in [3.63, 3.8) is 0 Å². The molecule has 6 heteroatoms. The zero-order valence-corrected chi connectivity index (χ0v) is 10.4. The molecule has 2 unspecified atom stereocenters. The average Bonchev–Trinajstić information content (AvgIpc) is 2.13. The molecular formula is C9H20N2O3S. The normalized spacial score (nSPS) is 29.3. The molecule has 2 atom stereocenters. The van der Waals surface area contributed by atoms with Crippen LogP contribution in [-0.2, 0) is 14.8 Å². The lowest BCUT2D eigenvalue weighted by Crippen LogP contribution is -2.56. The van der Waals surface area contributed by atoms with E-state index < -0.39 is 10.0 Å². The van der Waals surface area contributed by atoms with Gasteiger partial charge in [0.15, 0.2) is 0 Å². The predicted molar refractivity (Wildman–Crippen MR) is 59.3 cm³/mol. The summed E-state index contributed by atoms with van der Waals surface area (Å²) in [5, 5.41) is 3.30. The Morgan fingerprint density at radius 1 is 1.33 bits per heavy atom. The van der Waals surface area contributed by atoms with Gasteiger partial charge in [0, 0.05) is 32.3 Å². The molecule has 0 bridgehead atoms. The number of methoxy groups -OCH3 is 1. The second kappa shape index (κ2) is 5.25. The van der Waals surface area contributed by atoms with Gasteiger partial charge in [-0.1, -0.05) is 0 Å². The van der Waals surface area contributed by atoms with Gasteiger partial charge >= 0.3 is 0 Å². The fourth-order valence-corrected chi connectivity index (χ4v) is 3.36. The van der Waals surface area contributed by atoms with Gasteiger partial charge in [0.05, 0.1) is 12.4 Å². The van der Waals surface area contributed by atoms with Crippen molar-refractivity contribution in [1.29, 1.82) is 0 Å². The number of nitrogens with zero attached hydrogens (tertiary/aromatic N) is 1. The number of sulfonamides is 1. The molecule has 1 saturated heterocycles. The highest BCUT2D eigenvalue weighted by molar-refractivity contribution is 7.89. The van der Waals surface area contributed by atoms with Crippen molar-refractivity contribution in [2.24, 2.45) is 0 Å². The second-order valence-corrected chi connectivity index (χ2v) is 6.18. The number of hydrogen-bond acceptors (Lipinski definition) is 4. The van der Waals surface area contributed by atoms with E-state index in [9.17, 15) is 8.42 Å². The molecule has 0 aliphatic carbocycles. The Labute approximate surface area is 91.8 Å². The third kappa shape index (κ3) is 3.71. The first-order chi connectivity index (χ1) is 6.95. The first-order valence-corrected chi connectivity index (χ1v) is 6.79. The largest absolute Gasteiger partial charge is 0.384 e. The molecule has 0 amide bonds. The van der Waals surface area contributed by atoms with Crippen LogP contribution in [0.15, 0.2) is 0 Å². The van der Waals surface area contributed by atoms with Gasteiger partial charge in [-0.3, -0.25) is 0 Å². The monoisotopic (exact) mass is 236 g/mol. The molecule has 0 saturated carbocycles. The van der Waals surface area contributed by atoms with E-state index in [-0.39, 0.29) is 24.4 Å². The quantitative estimate of drug-likeness (QED) is 0.724. The Bertz CT molecular complexity index is 282. The van der Waals surface area contributed by atoms with E-state index in [1.165, 1.54) is 7.11 Å². The number of ether oxygens (including phenoxy) is 1. The molecule has 5 nitrogen and oxygen atoms in total. The average molecular weight is 236 g/mol. The summed E-state index contributed by atoms with van der Waals surface area (Å²) < 4.78 is 30.1. The van der Waals surface area contributed by atoms with E-state index in [0.29, 0.717) is 13.1 Å². The van der Waals surface area contributed by atoms with Crippen LogP contribution >= 0.6 is 0 Å². The molecule has 0 aromatic heterocycles. The Kier molecular flexibility index (Phi) is 4.51. The van der Waals surface area contributed by atoms with Crippen molar-refractivity contribution < 1.29 is 13.2 Å². The van der Waals surface area contributed by atoms with Crippen LogP contribution in [0, 0.1) is 0 Å². The van der Waals surface area contributed by atoms with Gasteiger partial charge in [-0.25, -0.2) is 8.42 Å². The van der Waals surface area contributed by atoms with Gasteiger partial charge in [-0.05, 0) is 13.8 Å². The maximum atomic E-state index is 11.9. The summed E-state index contributed by atoms with van der Waals surface area (Å²) in [4.78, 5) is 0. The number of nitrogens with one attached hydrogen (secondary N) is 1. The maximum absolute atomic E-state index is 11.9. The van der Waals surface area contributed by atoms with Crippen LogP contribution in [0.2, 0.25) is 0 Å². The smallest absolute Gasteiger partial charge is 0.216 e. The van der Waals surface area contributed by atoms with Crippen LogP contribution in [-0.4, -0.2) is 57.4 Å². The van der Waals surface area contributed by atoms with Crippen molar-refractivity contribution in [2.75, 3.05) is 32.6 Å². The van der Waals surface area contributed by atoms with Crippen molar-refractivity contribution in [1.82, 2.24) is 9.62 Å². The summed E-state index contributed by atoms with van der Waals surface area (Å²) in [5.41, 5.74) is 0. The van der Waals surface area contributed by atoms with Gasteiger partial charge < -0.3 is 10.1 Å². The molecule has 1 N–H and O–H groups in total. The minimum atomic E-state index is -3.14. The van der Waals surface area contributed by atoms with E-state index in [2.05, 4.69) is 5.32 Å². The fourth-order valence-electron chi connectivity index (χ4n) is 1.82. The third-order valence-corrected chi connectivity index (χ3v) is 4.23. The molecule has 15 heavy (non-hydrogen) atoms. The first kappa shape index (κ1) is 12.9. The molecular weight excluding hydrogens is 216 g/mol. The lowest BCUT2D eigenvalue weighted by atomic mass is 10.2. The fraction of sp³-hybridized carbons (Fsp3) is 1.00. The molecule has 1 aliphatic rings. The van der Waals surface area contributed by atoms with Crippen LogP contribution in [0.3, 0.4) is 0 Å². The maximum Gasteiger partial charge on any atom is 0.216 e. The van der Waals surface area contributed by atoms with Crippen molar-refractivity contribution >= 4 is 10.0 Å². The van der Waals surface area contributed by atoms with Gasteiger partial charge in [0.1, 0.15) is 0 Å². The van der Waals surface area contributed by atoms with Gasteiger partial charge in [-0.15, -0.1) is 0 Å². The molecule has 90 valence electrons. The zero-order valence-electron chi connectivity index (χ0n) is 9.56. The Morgan fingerprint density at radius 3 is 2.33 bits per heavy atom. The topological polar surface area (TPSA) is 58.6 Å². The van der Waals surface area contributed by atoms with E-state index >= 15 is 0 Å². The predicted octanol–water partition coefficient (Wildman–Crippen LogP) is -0.355. The summed E-state index contributed by atoms with van der Waals surface area (Å²) in [6.45, 7) is 5.35. The van der Waals surface area contributed by atoms with Gasteiger partial charge in [-0.2, -0.15) is 4.31 Å². The number of rotatable bonds is 4. The minimum Gasteiger partial charge on any atom is -0.384 e. The highest BCUT2D eigenvalue weighted by Crippen LogP contribution is 2.09. The molecule has 0 spiro atoms. The Hall–Kier alpha value is -0.170. The SMILES string of the molecule is COCCS(=O)(=O)N1CC(C)NC(C)C1. The van der Waals surface area contributed by atoms with E-state index in [0.717, 1.165) is 0 Å². The van der Waals surface area contributed by atoms with E-state index in [1.807, 2.05) is 13.8 Å².